The van der Waals surface area contributed by atoms with Gasteiger partial charge in [-0.05, 0) is 48.0 Å². The monoisotopic (exact) mass is 380 g/mol. The molecule has 0 atom stereocenters. The van der Waals surface area contributed by atoms with Crippen molar-refractivity contribution in [2.24, 2.45) is 0 Å². The van der Waals surface area contributed by atoms with Gasteiger partial charge in [0, 0.05) is 21.0 Å². The molecule has 0 spiro atoms. The summed E-state index contributed by atoms with van der Waals surface area (Å²) in [6, 6.07) is 24.8. The number of benzene rings is 3. The average molecular weight is 381 g/mol. The van der Waals surface area contributed by atoms with E-state index in [1.165, 1.54) is 0 Å². The van der Waals surface area contributed by atoms with Crippen molar-refractivity contribution < 1.29 is 4.79 Å². The van der Waals surface area contributed by atoms with Crippen molar-refractivity contribution in [2.75, 3.05) is 5.32 Å². The molecular weight excluding hydrogens is 364 g/mol. The fourth-order valence-corrected chi connectivity index (χ4v) is 3.27. The predicted molar refractivity (Wildman–Crippen MR) is 110 cm³/mol. The minimum atomic E-state index is -0.295. The highest BCUT2D eigenvalue weighted by Gasteiger charge is 2.06. The number of nitrogens with one attached hydrogen (secondary N) is 2. The van der Waals surface area contributed by atoms with Crippen molar-refractivity contribution in [3.63, 3.8) is 0 Å². The van der Waals surface area contributed by atoms with Crippen LogP contribution in [-0.2, 0) is 0 Å². The highest BCUT2D eigenvalue weighted by molar-refractivity contribution is 7.99. The number of carbonyl (C=O) groups excluding carboxylic acids is 1. The first-order chi connectivity index (χ1) is 12.7. The van der Waals surface area contributed by atoms with Gasteiger partial charge in [-0.1, -0.05) is 65.8 Å². The molecule has 0 saturated heterocycles. The van der Waals surface area contributed by atoms with Crippen LogP contribution in [0, 0.1) is 0 Å². The summed E-state index contributed by atoms with van der Waals surface area (Å²) in [5, 5.41) is 6.28. The lowest BCUT2D eigenvalue weighted by atomic mass is 10.2. The van der Waals surface area contributed by atoms with Crippen LogP contribution in [0.2, 0.25) is 5.02 Å². The number of hydrogen-bond donors (Lipinski definition) is 2. The molecule has 0 aliphatic heterocycles. The van der Waals surface area contributed by atoms with Crippen LogP contribution in [0.4, 0.5) is 10.5 Å². The number of para-hydroxylation sites is 1. The van der Waals surface area contributed by atoms with E-state index >= 15 is 0 Å². The van der Waals surface area contributed by atoms with Gasteiger partial charge < -0.3 is 10.6 Å². The Balaban J connectivity index is 1.61. The molecule has 0 aromatic heterocycles. The van der Waals surface area contributed by atoms with Crippen LogP contribution in [-0.4, -0.2) is 6.03 Å². The summed E-state index contributed by atoms with van der Waals surface area (Å²) in [6.07, 6.45) is 3.41. The molecule has 0 aliphatic carbocycles. The van der Waals surface area contributed by atoms with Crippen LogP contribution >= 0.6 is 23.4 Å². The van der Waals surface area contributed by atoms with Gasteiger partial charge in [0.15, 0.2) is 0 Å². The van der Waals surface area contributed by atoms with E-state index in [2.05, 4.69) is 10.6 Å². The van der Waals surface area contributed by atoms with Gasteiger partial charge >= 0.3 is 6.03 Å². The number of rotatable bonds is 5. The number of amides is 2. The zero-order valence-corrected chi connectivity index (χ0v) is 15.4. The van der Waals surface area contributed by atoms with Gasteiger partial charge in [-0.3, -0.25) is 0 Å². The number of carbonyl (C=O) groups is 1. The van der Waals surface area contributed by atoms with Crippen molar-refractivity contribution >= 4 is 41.2 Å². The Kier molecular flexibility index (Phi) is 6.36. The van der Waals surface area contributed by atoms with E-state index in [4.69, 9.17) is 11.6 Å². The smallest absolute Gasteiger partial charge is 0.314 e. The van der Waals surface area contributed by atoms with Gasteiger partial charge in [0.1, 0.15) is 0 Å². The fourth-order valence-electron chi connectivity index (χ4n) is 2.22. The maximum atomic E-state index is 12.2. The topological polar surface area (TPSA) is 41.1 Å². The van der Waals surface area contributed by atoms with Gasteiger partial charge in [0.2, 0.25) is 0 Å². The van der Waals surface area contributed by atoms with Crippen molar-refractivity contribution in [1.82, 2.24) is 5.32 Å². The SMILES string of the molecule is O=C(N/C=C/c1ccc(Cl)cc1)Nc1ccccc1Sc1ccccc1. The van der Waals surface area contributed by atoms with E-state index in [9.17, 15) is 4.79 Å². The number of halogens is 1. The first-order valence-corrected chi connectivity index (χ1v) is 9.22. The molecule has 5 heteroatoms. The minimum absolute atomic E-state index is 0.295. The largest absolute Gasteiger partial charge is 0.323 e. The first kappa shape index (κ1) is 18.1. The van der Waals surface area contributed by atoms with Crippen LogP contribution in [0.15, 0.2) is 94.9 Å². The van der Waals surface area contributed by atoms with E-state index in [1.807, 2.05) is 66.7 Å². The molecule has 3 nitrogen and oxygen atoms in total. The summed E-state index contributed by atoms with van der Waals surface area (Å²) in [6.45, 7) is 0. The van der Waals surface area contributed by atoms with Gasteiger partial charge in [0.25, 0.3) is 0 Å². The van der Waals surface area contributed by atoms with Crippen LogP contribution in [0.25, 0.3) is 6.08 Å². The van der Waals surface area contributed by atoms with Crippen LogP contribution in [0.5, 0.6) is 0 Å². The quantitative estimate of drug-likeness (QED) is 0.546. The fraction of sp³-hybridized carbons (Fsp3) is 0. The zero-order valence-electron chi connectivity index (χ0n) is 13.9. The molecular formula is C21H17ClN2OS. The third-order valence-electron chi connectivity index (χ3n) is 3.47. The first-order valence-electron chi connectivity index (χ1n) is 8.02. The molecule has 0 saturated carbocycles. The third-order valence-corrected chi connectivity index (χ3v) is 4.80. The summed E-state index contributed by atoms with van der Waals surface area (Å²) in [4.78, 5) is 14.3. The third kappa shape index (κ3) is 5.41. The summed E-state index contributed by atoms with van der Waals surface area (Å²) in [5.74, 6) is 0. The van der Waals surface area contributed by atoms with Crippen molar-refractivity contribution in [3.05, 3.63) is 95.6 Å². The molecule has 2 amide bonds. The van der Waals surface area contributed by atoms with Gasteiger partial charge in [-0.25, -0.2) is 4.79 Å². The molecule has 0 aliphatic rings. The van der Waals surface area contributed by atoms with Crippen molar-refractivity contribution in [2.45, 2.75) is 9.79 Å². The molecule has 0 fully saturated rings. The maximum absolute atomic E-state index is 12.2. The number of anilines is 1. The Hall–Kier alpha value is -2.69. The Morgan fingerprint density at radius 2 is 1.58 bits per heavy atom. The molecule has 0 heterocycles. The Labute approximate surface area is 162 Å². The zero-order chi connectivity index (χ0) is 18.2. The lowest BCUT2D eigenvalue weighted by molar-refractivity contribution is 0.255. The van der Waals surface area contributed by atoms with E-state index in [1.54, 1.807) is 36.2 Å². The Bertz CT molecular complexity index is 895. The van der Waals surface area contributed by atoms with Crippen LogP contribution < -0.4 is 10.6 Å². The molecule has 3 aromatic carbocycles. The average Bonchev–Trinajstić information content (AvgIpc) is 2.66. The second-order valence-electron chi connectivity index (χ2n) is 5.39. The molecule has 0 radical (unpaired) electrons. The standard InChI is InChI=1S/C21H17ClN2OS/c22-17-12-10-16(11-13-17)14-15-23-21(25)24-19-8-4-5-9-20(19)26-18-6-2-1-3-7-18/h1-15H,(H2,23,24,25)/b15-14+. The molecule has 26 heavy (non-hydrogen) atoms. The van der Waals surface area contributed by atoms with Crippen molar-refractivity contribution in [3.8, 4) is 0 Å². The highest BCUT2D eigenvalue weighted by Crippen LogP contribution is 2.33. The molecule has 3 rings (SSSR count). The van der Waals surface area contributed by atoms with Crippen molar-refractivity contribution in [1.29, 1.82) is 0 Å². The summed E-state index contributed by atoms with van der Waals surface area (Å²) >= 11 is 7.46. The lowest BCUT2D eigenvalue weighted by Crippen LogP contribution is -2.24. The van der Waals surface area contributed by atoms with Gasteiger partial charge in [-0.2, -0.15) is 0 Å². The Morgan fingerprint density at radius 1 is 0.885 bits per heavy atom. The highest BCUT2D eigenvalue weighted by atomic mass is 35.5. The molecule has 130 valence electrons. The predicted octanol–water partition coefficient (Wildman–Crippen LogP) is 6.28. The summed E-state index contributed by atoms with van der Waals surface area (Å²) in [7, 11) is 0. The molecule has 0 bridgehead atoms. The normalized spacial score (nSPS) is 10.7. The van der Waals surface area contributed by atoms with Crippen LogP contribution in [0.3, 0.4) is 0 Å². The van der Waals surface area contributed by atoms with Gasteiger partial charge in [0.05, 0.1) is 5.69 Å². The molecule has 0 unspecified atom stereocenters. The second kappa shape index (κ2) is 9.13. The van der Waals surface area contributed by atoms with E-state index in [0.717, 1.165) is 21.0 Å². The van der Waals surface area contributed by atoms with Crippen LogP contribution in [0.1, 0.15) is 5.56 Å². The maximum Gasteiger partial charge on any atom is 0.323 e. The number of urea groups is 1. The second-order valence-corrected chi connectivity index (χ2v) is 6.95. The summed E-state index contributed by atoms with van der Waals surface area (Å²) < 4.78 is 0. The number of hydrogen-bond acceptors (Lipinski definition) is 2. The van der Waals surface area contributed by atoms with E-state index < -0.39 is 0 Å². The van der Waals surface area contributed by atoms with E-state index in [-0.39, 0.29) is 6.03 Å². The summed E-state index contributed by atoms with van der Waals surface area (Å²) in [5.41, 5.74) is 1.72. The molecule has 3 aromatic rings. The molecule has 2 N–H and O–H groups in total. The van der Waals surface area contributed by atoms with Gasteiger partial charge in [-0.15, -0.1) is 0 Å². The van der Waals surface area contributed by atoms with E-state index in [0.29, 0.717) is 5.02 Å². The lowest BCUT2D eigenvalue weighted by Gasteiger charge is -2.10. The Morgan fingerprint density at radius 3 is 2.35 bits per heavy atom. The minimum Gasteiger partial charge on any atom is -0.314 e.